The molecule has 0 aromatic heterocycles. The molecule has 3 aromatic carbocycles. The third kappa shape index (κ3) is 8.21. The van der Waals surface area contributed by atoms with Gasteiger partial charge in [-0.3, -0.25) is 0 Å². The number of aromatic hydroxyl groups is 3. The summed E-state index contributed by atoms with van der Waals surface area (Å²) >= 11 is 0.410. The molecule has 0 bridgehead atoms. The van der Waals surface area contributed by atoms with Gasteiger partial charge in [0.1, 0.15) is 0 Å². The van der Waals surface area contributed by atoms with Crippen molar-refractivity contribution in [1.29, 1.82) is 0 Å². The Morgan fingerprint density at radius 2 is 0.871 bits per heavy atom. The Bertz CT molecular complexity index is 874. The van der Waals surface area contributed by atoms with Crippen molar-refractivity contribution in [2.45, 2.75) is 22.5 Å². The molecule has 0 fully saturated rings. The summed E-state index contributed by atoms with van der Waals surface area (Å²) in [7, 11) is 0. The summed E-state index contributed by atoms with van der Waals surface area (Å²) in [5, 5.41) is 28.3. The molecule has 3 N–H and O–H groups in total. The van der Waals surface area contributed by atoms with Gasteiger partial charge in [0.15, 0.2) is 0 Å². The van der Waals surface area contributed by atoms with E-state index in [1.54, 1.807) is 36.4 Å². The summed E-state index contributed by atoms with van der Waals surface area (Å²) in [6.07, 6.45) is 0. The molecule has 0 atom stereocenters. The molecule has 0 heterocycles. The van der Waals surface area contributed by atoms with Crippen LogP contribution in [0.3, 0.4) is 0 Å². The van der Waals surface area contributed by atoms with E-state index in [0.717, 1.165) is 16.7 Å². The standard InChI is InChI=1S/C24H25O6.U/c25-21-7-1-18(2-8-21)13-28-16-24(30-15-20-5-11-23(27)12-6-20)17-29-14-19-3-9-22(26)10-4-19;/h1-12,25-27H,13-17H2;. The second-order valence-corrected chi connectivity index (χ2v) is 11.1. The van der Waals surface area contributed by atoms with Crippen LogP contribution >= 0.6 is 0 Å². The average molecular weight is 647 g/mol. The Morgan fingerprint density at radius 1 is 0.548 bits per heavy atom. The predicted octanol–water partition coefficient (Wildman–Crippen LogP) is 4.00. The Kier molecular flexibility index (Phi) is 8.82. The Labute approximate surface area is 200 Å². The number of hydrogen-bond acceptors (Lipinski definition) is 6. The van der Waals surface area contributed by atoms with Crippen LogP contribution in [0.1, 0.15) is 16.7 Å². The van der Waals surface area contributed by atoms with E-state index in [4.69, 9.17) is 14.2 Å². The van der Waals surface area contributed by atoms with Gasteiger partial charge in [0.2, 0.25) is 0 Å². The zero-order valence-corrected chi connectivity index (χ0v) is 21.2. The Hall–Kier alpha value is -2.01. The fraction of sp³-hybridized carbons (Fsp3) is 0.250. The van der Waals surface area contributed by atoms with E-state index in [0.29, 0.717) is 62.5 Å². The molecule has 0 spiro atoms. The van der Waals surface area contributed by atoms with Crippen LogP contribution in [0.5, 0.6) is 17.2 Å². The minimum atomic E-state index is -0.534. The van der Waals surface area contributed by atoms with Gasteiger partial charge >= 0.3 is 201 Å². The van der Waals surface area contributed by atoms with Gasteiger partial charge in [0.05, 0.1) is 0 Å². The molecule has 161 valence electrons. The molecule has 0 aliphatic heterocycles. The molecular weight excluding hydrogens is 622 g/mol. The normalized spacial score (nSPS) is 11.5. The van der Waals surface area contributed by atoms with Crippen molar-refractivity contribution < 1.29 is 59.0 Å². The first-order valence-electron chi connectivity index (χ1n) is 9.80. The molecule has 6 nitrogen and oxygen atoms in total. The molecule has 3 aromatic rings. The minimum absolute atomic E-state index is 0.220. The zero-order valence-electron chi connectivity index (χ0n) is 17.0. The first kappa shape index (κ1) is 23.7. The molecule has 31 heavy (non-hydrogen) atoms. The van der Waals surface area contributed by atoms with Crippen molar-refractivity contribution in [3.63, 3.8) is 0 Å². The van der Waals surface area contributed by atoms with Crippen LogP contribution in [0.2, 0.25) is 0 Å². The van der Waals surface area contributed by atoms with Gasteiger partial charge in [-0.1, -0.05) is 0 Å². The third-order valence-corrected chi connectivity index (χ3v) is 6.33. The fourth-order valence-electron chi connectivity index (χ4n) is 2.79. The van der Waals surface area contributed by atoms with Gasteiger partial charge in [-0.2, -0.15) is 0 Å². The van der Waals surface area contributed by atoms with Crippen molar-refractivity contribution in [3.8, 4) is 17.2 Å². The zero-order chi connectivity index (χ0) is 22.1. The van der Waals surface area contributed by atoms with E-state index in [1.807, 2.05) is 36.4 Å². The maximum absolute atomic E-state index is 9.46. The van der Waals surface area contributed by atoms with Crippen LogP contribution < -0.4 is 0 Å². The summed E-state index contributed by atoms with van der Waals surface area (Å²) in [6, 6.07) is 20.8. The van der Waals surface area contributed by atoms with Gasteiger partial charge < -0.3 is 0 Å². The van der Waals surface area contributed by atoms with Crippen molar-refractivity contribution in [1.82, 2.24) is 0 Å². The molecule has 0 saturated carbocycles. The average Bonchev–Trinajstić information content (AvgIpc) is 2.76. The summed E-state index contributed by atoms with van der Waals surface area (Å²) < 4.78 is 17.6. The van der Waals surface area contributed by atoms with Crippen LogP contribution in [0.25, 0.3) is 0 Å². The van der Waals surface area contributed by atoms with E-state index in [1.165, 1.54) is 0 Å². The van der Waals surface area contributed by atoms with Crippen LogP contribution in [0.15, 0.2) is 72.8 Å². The van der Waals surface area contributed by atoms with Crippen LogP contribution in [-0.2, 0) is 34.0 Å². The summed E-state index contributed by atoms with van der Waals surface area (Å²) in [6.45, 7) is 1.98. The Morgan fingerprint density at radius 3 is 1.23 bits per heavy atom. The SMILES string of the molecule is Oc1ccc(COC[C]([U])(COCc2ccc(O)cc2)OCc2ccc(O)cc2)cc1. The van der Waals surface area contributed by atoms with Crippen molar-refractivity contribution in [2.24, 2.45) is 0 Å². The summed E-state index contributed by atoms with van der Waals surface area (Å²) in [4.78, 5) is 0. The van der Waals surface area contributed by atoms with E-state index in [9.17, 15) is 15.3 Å². The monoisotopic (exact) mass is 647 g/mol. The first-order valence-corrected chi connectivity index (χ1v) is 11.9. The molecule has 0 saturated heterocycles. The summed E-state index contributed by atoms with van der Waals surface area (Å²) in [5.74, 6) is 0.669. The Balaban J connectivity index is 1.57. The molecule has 7 heteroatoms. The van der Waals surface area contributed by atoms with Crippen LogP contribution in [-0.4, -0.2) is 31.2 Å². The van der Waals surface area contributed by atoms with Gasteiger partial charge in [-0.15, -0.1) is 0 Å². The van der Waals surface area contributed by atoms with Crippen molar-refractivity contribution in [2.75, 3.05) is 13.2 Å². The van der Waals surface area contributed by atoms with Gasteiger partial charge in [-0.25, -0.2) is 0 Å². The van der Waals surface area contributed by atoms with Crippen molar-refractivity contribution in [3.05, 3.63) is 89.5 Å². The number of benzene rings is 3. The second kappa shape index (κ2) is 11.6. The van der Waals surface area contributed by atoms with Crippen LogP contribution in [0, 0.1) is 29.4 Å². The number of phenolic OH excluding ortho intramolecular Hbond substituents is 3. The quantitative estimate of drug-likeness (QED) is 0.292. The van der Waals surface area contributed by atoms with Gasteiger partial charge in [0.25, 0.3) is 0 Å². The molecular formula is C24H25O6U. The molecule has 0 amide bonds. The number of hydrogen-bond donors (Lipinski definition) is 3. The topological polar surface area (TPSA) is 88.4 Å². The van der Waals surface area contributed by atoms with Crippen LogP contribution in [0.4, 0.5) is 0 Å². The van der Waals surface area contributed by atoms with E-state index in [-0.39, 0.29) is 17.2 Å². The first-order chi connectivity index (χ1) is 14.9. The van der Waals surface area contributed by atoms with Gasteiger partial charge in [-0.05, 0) is 0 Å². The molecule has 3 rings (SSSR count). The number of rotatable bonds is 11. The molecule has 0 aliphatic carbocycles. The molecule has 0 radical (unpaired) electrons. The van der Waals surface area contributed by atoms with E-state index >= 15 is 0 Å². The van der Waals surface area contributed by atoms with E-state index in [2.05, 4.69) is 0 Å². The number of ether oxygens (including phenoxy) is 3. The maximum atomic E-state index is 9.46. The molecule has 0 aliphatic rings. The van der Waals surface area contributed by atoms with E-state index < -0.39 is 2.63 Å². The predicted molar refractivity (Wildman–Crippen MR) is 111 cm³/mol. The number of phenols is 3. The van der Waals surface area contributed by atoms with Gasteiger partial charge in [0, 0.05) is 0 Å². The second-order valence-electron chi connectivity index (χ2n) is 7.27. The van der Waals surface area contributed by atoms with Crippen molar-refractivity contribution >= 4 is 0 Å². The summed E-state index contributed by atoms with van der Waals surface area (Å²) in [5.41, 5.74) is 2.89. The fourth-order valence-corrected chi connectivity index (χ4v) is 3.94. The molecule has 0 unspecified atom stereocenters. The third-order valence-electron chi connectivity index (χ3n) is 4.53.